The maximum absolute atomic E-state index is 13.9. The molecular weight excluding hydrogens is 415 g/mol. The summed E-state index contributed by atoms with van der Waals surface area (Å²) >= 11 is 6.82. The number of morpholine rings is 1. The molecule has 0 atom stereocenters. The van der Waals surface area contributed by atoms with Gasteiger partial charge in [0.25, 0.3) is 0 Å². The van der Waals surface area contributed by atoms with Crippen molar-refractivity contribution in [2.45, 2.75) is 12.8 Å². The normalized spacial score (nSPS) is 21.5. The van der Waals surface area contributed by atoms with Crippen LogP contribution in [0.4, 0.5) is 9.18 Å². The number of nitrogens with one attached hydrogen (secondary N) is 1. The first-order chi connectivity index (χ1) is 14.1. The number of halogens is 1. The Hall–Kier alpha value is -2.01. The van der Waals surface area contributed by atoms with E-state index < -0.39 is 11.9 Å². The highest BCUT2D eigenvalue weighted by molar-refractivity contribution is 8.19. The second kappa shape index (κ2) is 9.21. The molecule has 0 aliphatic carbocycles. The van der Waals surface area contributed by atoms with Crippen LogP contribution in [0.2, 0.25) is 0 Å². The van der Waals surface area contributed by atoms with Crippen LogP contribution in [0.5, 0.6) is 5.75 Å². The van der Waals surface area contributed by atoms with Gasteiger partial charge >= 0.3 is 6.09 Å². The third-order valence-electron chi connectivity index (χ3n) is 4.68. The number of ether oxygens (including phenoxy) is 2. The third kappa shape index (κ3) is 4.95. The van der Waals surface area contributed by atoms with Crippen molar-refractivity contribution in [2.24, 2.45) is 4.99 Å². The molecule has 1 amide bonds. The topological polar surface area (TPSA) is 66.4 Å². The largest absolute Gasteiger partial charge is 0.415 e. The Balaban J connectivity index is 1.51. The summed E-state index contributed by atoms with van der Waals surface area (Å²) in [6.45, 7) is 3.66. The van der Waals surface area contributed by atoms with E-state index in [0.29, 0.717) is 36.9 Å². The highest BCUT2D eigenvalue weighted by Crippen LogP contribution is 2.33. The van der Waals surface area contributed by atoms with E-state index in [2.05, 4.69) is 10.4 Å². The highest BCUT2D eigenvalue weighted by atomic mass is 32.2. The number of rotatable bonds is 2. The van der Waals surface area contributed by atoms with Crippen LogP contribution in [0.15, 0.2) is 28.1 Å². The Morgan fingerprint density at radius 3 is 2.90 bits per heavy atom. The molecule has 0 aromatic heterocycles. The molecule has 3 heterocycles. The number of hydrogen-bond acceptors (Lipinski definition) is 7. The molecule has 29 heavy (non-hydrogen) atoms. The zero-order valence-corrected chi connectivity index (χ0v) is 17.4. The molecule has 10 heteroatoms. The van der Waals surface area contributed by atoms with Crippen LogP contribution in [-0.2, 0) is 4.74 Å². The second-order valence-electron chi connectivity index (χ2n) is 6.73. The molecule has 2 fully saturated rings. The maximum Gasteiger partial charge on any atom is 0.415 e. The van der Waals surface area contributed by atoms with E-state index in [1.165, 1.54) is 30.0 Å². The molecule has 1 aromatic rings. The van der Waals surface area contributed by atoms with E-state index >= 15 is 0 Å². The molecule has 3 aliphatic rings. The minimum Gasteiger partial charge on any atom is -0.410 e. The summed E-state index contributed by atoms with van der Waals surface area (Å²) in [5.74, 6) is -0.140. The maximum atomic E-state index is 13.9. The van der Waals surface area contributed by atoms with Gasteiger partial charge in [0.05, 0.1) is 18.1 Å². The summed E-state index contributed by atoms with van der Waals surface area (Å²) in [4.78, 5) is 19.6. The molecule has 0 spiro atoms. The van der Waals surface area contributed by atoms with Gasteiger partial charge in [0.1, 0.15) is 16.6 Å². The van der Waals surface area contributed by atoms with E-state index in [0.717, 1.165) is 36.0 Å². The number of carbonyl (C=O) groups excluding carboxylic acids is 1. The lowest BCUT2D eigenvalue weighted by Gasteiger charge is -2.28. The summed E-state index contributed by atoms with van der Waals surface area (Å²) in [6, 6.07) is 4.05. The average Bonchev–Trinajstić information content (AvgIpc) is 3.11. The number of thiocarbonyl (C=S) groups is 1. The van der Waals surface area contributed by atoms with Crippen LogP contribution >= 0.6 is 24.0 Å². The Morgan fingerprint density at radius 2 is 2.14 bits per heavy atom. The number of thioether (sulfide) groups is 1. The van der Waals surface area contributed by atoms with Gasteiger partial charge in [-0.3, -0.25) is 5.01 Å². The lowest BCUT2D eigenvalue weighted by Crippen LogP contribution is -2.45. The Kier molecular flexibility index (Phi) is 6.43. The second-order valence-corrected chi connectivity index (χ2v) is 8.12. The van der Waals surface area contributed by atoms with Crippen LogP contribution in [0.3, 0.4) is 0 Å². The quantitative estimate of drug-likeness (QED) is 0.565. The van der Waals surface area contributed by atoms with Crippen LogP contribution in [0.25, 0.3) is 6.08 Å². The lowest BCUT2D eigenvalue weighted by atomic mass is 10.2. The van der Waals surface area contributed by atoms with Crippen LogP contribution in [0, 0.1) is 5.82 Å². The Morgan fingerprint density at radius 1 is 1.31 bits per heavy atom. The van der Waals surface area contributed by atoms with Crippen molar-refractivity contribution in [1.82, 2.24) is 15.3 Å². The predicted octanol–water partition coefficient (Wildman–Crippen LogP) is 3.03. The number of aliphatic imine (C=N–C) groups is 1. The number of hydrazine groups is 1. The summed E-state index contributed by atoms with van der Waals surface area (Å²) < 4.78 is 24.7. The van der Waals surface area contributed by atoms with Crippen molar-refractivity contribution in [3.05, 3.63) is 34.5 Å². The van der Waals surface area contributed by atoms with Crippen LogP contribution in [-0.4, -0.2) is 65.6 Å². The Bertz CT molecular complexity index is 865. The minimum absolute atomic E-state index is 0.281. The van der Waals surface area contributed by atoms with Crippen molar-refractivity contribution >= 4 is 46.3 Å². The van der Waals surface area contributed by atoms with E-state index in [9.17, 15) is 9.18 Å². The van der Waals surface area contributed by atoms with E-state index in [-0.39, 0.29) is 5.75 Å². The van der Waals surface area contributed by atoms with E-state index in [4.69, 9.17) is 21.7 Å². The number of benzene rings is 1. The Labute approximate surface area is 177 Å². The van der Waals surface area contributed by atoms with Gasteiger partial charge in [0.2, 0.25) is 0 Å². The summed E-state index contributed by atoms with van der Waals surface area (Å²) in [5, 5.41) is 2.77. The first-order valence-corrected chi connectivity index (χ1v) is 10.7. The molecule has 7 nitrogen and oxygen atoms in total. The fraction of sp³-hybridized carbons (Fsp3) is 0.421. The molecule has 2 saturated heterocycles. The summed E-state index contributed by atoms with van der Waals surface area (Å²) in [7, 11) is 0. The number of amidine groups is 1. The van der Waals surface area contributed by atoms with Gasteiger partial charge in [-0.25, -0.2) is 19.6 Å². The molecule has 0 saturated carbocycles. The van der Waals surface area contributed by atoms with Gasteiger partial charge in [-0.2, -0.15) is 0 Å². The molecular formula is C19H21FN4O3S2. The van der Waals surface area contributed by atoms with Crippen LogP contribution < -0.4 is 10.2 Å². The molecule has 4 rings (SSSR count). The van der Waals surface area contributed by atoms with Gasteiger partial charge in [-0.05, 0) is 48.9 Å². The molecule has 0 radical (unpaired) electrons. The predicted molar refractivity (Wildman–Crippen MR) is 114 cm³/mol. The summed E-state index contributed by atoms with van der Waals surface area (Å²) in [5.41, 5.74) is 3.74. The van der Waals surface area contributed by atoms with Gasteiger partial charge in [-0.15, -0.1) is 0 Å². The zero-order chi connectivity index (χ0) is 20.2. The molecule has 1 aromatic carbocycles. The van der Waals surface area contributed by atoms with E-state index in [1.54, 1.807) is 11.0 Å². The van der Waals surface area contributed by atoms with E-state index in [1.807, 2.05) is 5.01 Å². The van der Waals surface area contributed by atoms with Crippen molar-refractivity contribution in [3.8, 4) is 5.75 Å². The van der Waals surface area contributed by atoms with Crippen molar-refractivity contribution in [1.29, 1.82) is 0 Å². The average molecular weight is 437 g/mol. The zero-order valence-electron chi connectivity index (χ0n) is 15.7. The molecule has 0 unspecified atom stereocenters. The van der Waals surface area contributed by atoms with Gasteiger partial charge in [0.15, 0.2) is 5.17 Å². The van der Waals surface area contributed by atoms with Crippen LogP contribution in [0.1, 0.15) is 18.4 Å². The lowest BCUT2D eigenvalue weighted by molar-refractivity contribution is 0.0415. The standard InChI is InChI=1S/C19H21FN4O3S2/c20-14-3-4-15(27-19(25)23-7-9-26-10-8-23)13(11-14)12-16-17(28)22-18(29-16)24-6-2-1-5-21-24/h3-4,11-12,21H,1-2,5-10H2/b16-12-. The fourth-order valence-corrected chi connectivity index (χ4v) is 4.38. The number of carbonyl (C=O) groups is 1. The monoisotopic (exact) mass is 436 g/mol. The molecule has 0 bridgehead atoms. The number of amides is 1. The summed E-state index contributed by atoms with van der Waals surface area (Å²) in [6.07, 6.45) is 3.46. The van der Waals surface area contributed by atoms with Gasteiger partial charge in [0, 0.05) is 31.7 Å². The number of nitrogens with zero attached hydrogens (tertiary/aromatic N) is 3. The first-order valence-electron chi connectivity index (χ1n) is 9.48. The van der Waals surface area contributed by atoms with Crippen molar-refractivity contribution < 1.29 is 18.7 Å². The van der Waals surface area contributed by atoms with Crippen molar-refractivity contribution in [2.75, 3.05) is 39.4 Å². The first kappa shape index (κ1) is 20.3. The SMILES string of the molecule is O=C(Oc1ccc(F)cc1/C=C1\SC(N2CCCCN2)=NC1=S)N1CCOCC1. The highest BCUT2D eigenvalue weighted by Gasteiger charge is 2.26. The minimum atomic E-state index is -0.476. The van der Waals surface area contributed by atoms with Gasteiger partial charge < -0.3 is 14.4 Å². The molecule has 1 N–H and O–H groups in total. The number of hydrogen-bond donors (Lipinski definition) is 1. The molecule has 154 valence electrons. The smallest absolute Gasteiger partial charge is 0.410 e. The molecule has 3 aliphatic heterocycles. The fourth-order valence-electron chi connectivity index (χ4n) is 3.14. The third-order valence-corrected chi connectivity index (χ3v) is 6.14. The van der Waals surface area contributed by atoms with Gasteiger partial charge in [-0.1, -0.05) is 12.2 Å². The van der Waals surface area contributed by atoms with Crippen molar-refractivity contribution in [3.63, 3.8) is 0 Å².